The van der Waals surface area contributed by atoms with Crippen LogP contribution in [0.5, 0.6) is 5.88 Å². The highest BCUT2D eigenvalue weighted by molar-refractivity contribution is 5.70. The van der Waals surface area contributed by atoms with E-state index in [0.717, 1.165) is 12.8 Å². The van der Waals surface area contributed by atoms with Crippen LogP contribution in [0.3, 0.4) is 0 Å². The minimum Gasteiger partial charge on any atom is -0.481 e. The Bertz CT molecular complexity index is 439. The maximum Gasteiger partial charge on any atom is 0.306 e. The lowest BCUT2D eigenvalue weighted by atomic mass is 10.1. The zero-order valence-corrected chi connectivity index (χ0v) is 11.0. The van der Waals surface area contributed by atoms with E-state index in [1.807, 2.05) is 6.92 Å². The Kier molecular flexibility index (Phi) is 4.54. The van der Waals surface area contributed by atoms with Crippen LogP contribution in [0.4, 0.5) is 5.82 Å². The van der Waals surface area contributed by atoms with Crippen LogP contribution in [0.25, 0.3) is 0 Å². The predicted molar refractivity (Wildman–Crippen MR) is 70.2 cm³/mol. The minimum absolute atomic E-state index is 0.150. The van der Waals surface area contributed by atoms with Gasteiger partial charge in [0.1, 0.15) is 5.82 Å². The van der Waals surface area contributed by atoms with Crippen LogP contribution in [-0.2, 0) is 4.79 Å². The van der Waals surface area contributed by atoms with Gasteiger partial charge in [-0.25, -0.2) is 0 Å². The van der Waals surface area contributed by atoms with Crippen LogP contribution < -0.4 is 10.1 Å². The van der Waals surface area contributed by atoms with Crippen molar-refractivity contribution in [2.24, 2.45) is 5.92 Å². The van der Waals surface area contributed by atoms with E-state index >= 15 is 0 Å². The summed E-state index contributed by atoms with van der Waals surface area (Å²) in [4.78, 5) is 19.3. The number of carboxylic acids is 1. The Hall–Kier alpha value is -1.85. The van der Waals surface area contributed by atoms with E-state index in [4.69, 9.17) is 9.84 Å². The molecule has 1 aliphatic rings. The van der Waals surface area contributed by atoms with Gasteiger partial charge in [-0.3, -0.25) is 9.78 Å². The third kappa shape index (κ3) is 3.81. The number of hydrogen-bond acceptors (Lipinski definition) is 5. The number of nitrogens with one attached hydrogen (secondary N) is 1. The molecule has 0 aromatic carbocycles. The molecule has 0 aliphatic heterocycles. The molecular formula is C13H19N3O3. The highest BCUT2D eigenvalue weighted by Gasteiger charge is 2.29. The van der Waals surface area contributed by atoms with Gasteiger partial charge in [-0.15, -0.1) is 0 Å². The van der Waals surface area contributed by atoms with Crippen molar-refractivity contribution >= 4 is 11.8 Å². The van der Waals surface area contributed by atoms with Crippen LogP contribution in [0, 0.1) is 5.92 Å². The summed E-state index contributed by atoms with van der Waals surface area (Å²) in [6.07, 6.45) is 6.33. The number of carboxylic acid groups (broad SMARTS) is 1. The van der Waals surface area contributed by atoms with Gasteiger partial charge < -0.3 is 15.2 Å². The van der Waals surface area contributed by atoms with Crippen molar-refractivity contribution in [2.75, 3.05) is 11.9 Å². The second-order valence-corrected chi connectivity index (χ2v) is 4.78. The smallest absolute Gasteiger partial charge is 0.306 e. The van der Waals surface area contributed by atoms with Crippen molar-refractivity contribution in [3.63, 3.8) is 0 Å². The summed E-state index contributed by atoms with van der Waals surface area (Å²) in [7, 11) is 0. The molecule has 0 saturated heterocycles. The fourth-order valence-corrected chi connectivity index (χ4v) is 2.24. The molecule has 2 N–H and O–H groups in total. The average Bonchev–Trinajstić information content (AvgIpc) is 2.85. The normalized spacial score (nSPS) is 22.2. The van der Waals surface area contributed by atoms with Crippen LogP contribution >= 0.6 is 0 Å². The molecule has 0 radical (unpaired) electrons. The molecule has 2 rings (SSSR count). The van der Waals surface area contributed by atoms with Gasteiger partial charge in [0.15, 0.2) is 0 Å². The number of nitrogens with zero attached hydrogens (tertiary/aromatic N) is 2. The summed E-state index contributed by atoms with van der Waals surface area (Å²) in [5.74, 6) is 0.185. The first-order chi connectivity index (χ1) is 9.19. The SMILES string of the molecule is CCCOc1cncc(N[C@H]2CC[C@@H](C(=O)O)C2)n1. The van der Waals surface area contributed by atoms with Gasteiger partial charge in [0, 0.05) is 6.04 Å². The van der Waals surface area contributed by atoms with Crippen LogP contribution in [0.15, 0.2) is 12.4 Å². The average molecular weight is 265 g/mol. The standard InChI is InChI=1S/C13H19N3O3/c1-2-5-19-12-8-14-7-11(16-12)15-10-4-3-9(6-10)13(17)18/h7-10H,2-6H2,1H3,(H,15,16)(H,17,18)/t9-,10+/m1/s1. The topological polar surface area (TPSA) is 84.3 Å². The summed E-state index contributed by atoms with van der Waals surface area (Å²) >= 11 is 0. The lowest BCUT2D eigenvalue weighted by Gasteiger charge is -2.13. The number of ether oxygens (including phenoxy) is 1. The molecule has 1 aromatic rings. The van der Waals surface area contributed by atoms with Gasteiger partial charge in [-0.05, 0) is 25.7 Å². The summed E-state index contributed by atoms with van der Waals surface area (Å²) < 4.78 is 5.41. The molecular weight excluding hydrogens is 246 g/mol. The van der Waals surface area contributed by atoms with E-state index < -0.39 is 5.97 Å². The Morgan fingerprint density at radius 1 is 1.53 bits per heavy atom. The lowest BCUT2D eigenvalue weighted by Crippen LogP contribution is -2.18. The van der Waals surface area contributed by atoms with Gasteiger partial charge in [0.25, 0.3) is 0 Å². The summed E-state index contributed by atoms with van der Waals surface area (Å²) in [6, 6.07) is 0.150. The Balaban J connectivity index is 1.90. The molecule has 0 spiro atoms. The Morgan fingerprint density at radius 3 is 3.05 bits per heavy atom. The van der Waals surface area contributed by atoms with Gasteiger partial charge in [0.05, 0.1) is 24.9 Å². The van der Waals surface area contributed by atoms with Crippen LogP contribution in [0.2, 0.25) is 0 Å². The van der Waals surface area contributed by atoms with Crippen molar-refractivity contribution in [3.05, 3.63) is 12.4 Å². The number of aliphatic carboxylic acids is 1. The monoisotopic (exact) mass is 265 g/mol. The molecule has 6 nitrogen and oxygen atoms in total. The molecule has 1 aliphatic carbocycles. The van der Waals surface area contributed by atoms with Crippen LogP contribution in [0.1, 0.15) is 32.6 Å². The quantitative estimate of drug-likeness (QED) is 0.817. The Labute approximate surface area is 112 Å². The van der Waals surface area contributed by atoms with Crippen molar-refractivity contribution in [2.45, 2.75) is 38.6 Å². The van der Waals surface area contributed by atoms with E-state index in [-0.39, 0.29) is 12.0 Å². The molecule has 0 amide bonds. The Morgan fingerprint density at radius 2 is 2.37 bits per heavy atom. The molecule has 1 aromatic heterocycles. The fourth-order valence-electron chi connectivity index (χ4n) is 2.24. The molecule has 1 fully saturated rings. The van der Waals surface area contributed by atoms with E-state index in [1.165, 1.54) is 0 Å². The van der Waals surface area contributed by atoms with E-state index in [9.17, 15) is 4.79 Å². The zero-order valence-electron chi connectivity index (χ0n) is 11.0. The summed E-state index contributed by atoms with van der Waals surface area (Å²) in [6.45, 7) is 2.64. The molecule has 6 heteroatoms. The second kappa shape index (κ2) is 6.36. The first kappa shape index (κ1) is 13.6. The van der Waals surface area contributed by atoms with Crippen molar-refractivity contribution in [1.29, 1.82) is 0 Å². The van der Waals surface area contributed by atoms with Gasteiger partial charge in [0.2, 0.25) is 5.88 Å². The number of aromatic nitrogens is 2. The molecule has 0 unspecified atom stereocenters. The highest BCUT2D eigenvalue weighted by Crippen LogP contribution is 2.28. The highest BCUT2D eigenvalue weighted by atomic mass is 16.5. The first-order valence-electron chi connectivity index (χ1n) is 6.63. The molecule has 104 valence electrons. The number of carbonyl (C=O) groups is 1. The van der Waals surface area contributed by atoms with Crippen molar-refractivity contribution in [1.82, 2.24) is 9.97 Å². The van der Waals surface area contributed by atoms with Gasteiger partial charge >= 0.3 is 5.97 Å². The fraction of sp³-hybridized carbons (Fsp3) is 0.615. The molecule has 1 heterocycles. The molecule has 1 saturated carbocycles. The van der Waals surface area contributed by atoms with Crippen molar-refractivity contribution in [3.8, 4) is 5.88 Å². The van der Waals surface area contributed by atoms with E-state index in [0.29, 0.717) is 31.1 Å². The van der Waals surface area contributed by atoms with E-state index in [1.54, 1.807) is 12.4 Å². The zero-order chi connectivity index (χ0) is 13.7. The van der Waals surface area contributed by atoms with Gasteiger partial charge in [-0.1, -0.05) is 6.92 Å². The van der Waals surface area contributed by atoms with E-state index in [2.05, 4.69) is 15.3 Å². The maximum atomic E-state index is 10.9. The third-order valence-corrected chi connectivity index (χ3v) is 3.20. The van der Waals surface area contributed by atoms with Crippen molar-refractivity contribution < 1.29 is 14.6 Å². The maximum absolute atomic E-state index is 10.9. The molecule has 2 atom stereocenters. The first-order valence-corrected chi connectivity index (χ1v) is 6.63. The third-order valence-electron chi connectivity index (χ3n) is 3.20. The number of anilines is 1. The molecule has 19 heavy (non-hydrogen) atoms. The molecule has 0 bridgehead atoms. The summed E-state index contributed by atoms with van der Waals surface area (Å²) in [5, 5.41) is 12.2. The largest absolute Gasteiger partial charge is 0.481 e. The summed E-state index contributed by atoms with van der Waals surface area (Å²) in [5.41, 5.74) is 0. The number of rotatable bonds is 6. The lowest BCUT2D eigenvalue weighted by molar-refractivity contribution is -0.141. The predicted octanol–water partition coefficient (Wildman–Crippen LogP) is 1.93. The minimum atomic E-state index is -0.713. The second-order valence-electron chi connectivity index (χ2n) is 4.78. The number of hydrogen-bond donors (Lipinski definition) is 2. The van der Waals surface area contributed by atoms with Crippen LogP contribution in [-0.4, -0.2) is 33.7 Å². The van der Waals surface area contributed by atoms with Gasteiger partial charge in [-0.2, -0.15) is 4.98 Å².